The predicted octanol–water partition coefficient (Wildman–Crippen LogP) is 10.1. The molecular formula is C38H50N4O8S2. The highest BCUT2D eigenvalue weighted by molar-refractivity contribution is 7.86. The number of para-hydroxylation sites is 1. The van der Waals surface area contributed by atoms with Crippen LogP contribution in [0.2, 0.25) is 0 Å². The summed E-state index contributed by atoms with van der Waals surface area (Å²) >= 11 is 0. The number of ether oxygens (including phenoxy) is 1. The largest absolute Gasteiger partial charge is 0.456 e. The second-order valence-electron chi connectivity index (χ2n) is 13.0. The molecule has 3 aromatic carbocycles. The molecule has 0 bridgehead atoms. The lowest BCUT2D eigenvalue weighted by atomic mass is 10.0. The third kappa shape index (κ3) is 12.9. The summed E-state index contributed by atoms with van der Waals surface area (Å²) in [5, 5.41) is 14.0. The smallest absolute Gasteiger partial charge is 0.298 e. The lowest BCUT2D eigenvalue weighted by molar-refractivity contribution is -0.117. The van der Waals surface area contributed by atoms with Gasteiger partial charge in [0.2, 0.25) is 0 Å². The molecule has 0 aliphatic carbocycles. The van der Waals surface area contributed by atoms with Crippen LogP contribution in [0.1, 0.15) is 110 Å². The SMILES string of the molecule is CCCCCCCCCCCCCCCCCC1=NN(c2ccc(Oc3ccccc3)c(S(=O)(=O)O)c2)C(=O)C1/N=N/c1ccc(S(=O)(=O)O)cc1. The van der Waals surface area contributed by atoms with E-state index < -0.39 is 37.1 Å². The molecule has 1 heterocycles. The number of unbranched alkanes of at least 4 members (excludes halogenated alkanes) is 14. The number of nitrogens with zero attached hydrogens (tertiary/aromatic N) is 4. The summed E-state index contributed by atoms with van der Waals surface area (Å²) in [6, 6.07) is 16.3. The van der Waals surface area contributed by atoms with Gasteiger partial charge >= 0.3 is 0 Å². The van der Waals surface area contributed by atoms with E-state index in [1.54, 1.807) is 30.3 Å². The summed E-state index contributed by atoms with van der Waals surface area (Å²) in [5.74, 6) is -0.353. The molecule has 0 radical (unpaired) electrons. The molecule has 1 aliphatic heterocycles. The highest BCUT2D eigenvalue weighted by Crippen LogP contribution is 2.34. The average Bonchev–Trinajstić information content (AvgIpc) is 3.43. The number of amides is 1. The Hall–Kier alpha value is -3.98. The third-order valence-corrected chi connectivity index (χ3v) is 10.6. The molecule has 4 rings (SSSR count). The number of benzene rings is 3. The van der Waals surface area contributed by atoms with Gasteiger partial charge in [0.25, 0.3) is 26.1 Å². The maximum atomic E-state index is 13.7. The monoisotopic (exact) mass is 754 g/mol. The topological polar surface area (TPSA) is 175 Å². The summed E-state index contributed by atoms with van der Waals surface area (Å²) in [6.07, 6.45) is 18.7. The maximum absolute atomic E-state index is 13.7. The molecular weight excluding hydrogens is 705 g/mol. The van der Waals surface area contributed by atoms with Gasteiger partial charge < -0.3 is 4.74 Å². The molecule has 0 spiro atoms. The number of carbonyl (C=O) groups is 1. The lowest BCUT2D eigenvalue weighted by Gasteiger charge is -2.15. The van der Waals surface area contributed by atoms with Crippen molar-refractivity contribution in [3.8, 4) is 11.5 Å². The molecule has 0 aromatic heterocycles. The average molecular weight is 755 g/mol. The van der Waals surface area contributed by atoms with Crippen LogP contribution < -0.4 is 9.75 Å². The predicted molar refractivity (Wildman–Crippen MR) is 202 cm³/mol. The molecule has 12 nitrogen and oxygen atoms in total. The fourth-order valence-electron chi connectivity index (χ4n) is 6.00. The van der Waals surface area contributed by atoms with Crippen molar-refractivity contribution >= 4 is 43.2 Å². The molecule has 1 atom stereocenters. The van der Waals surface area contributed by atoms with Gasteiger partial charge in [-0.2, -0.15) is 37.2 Å². The Morgan fingerprint density at radius 1 is 0.712 bits per heavy atom. The van der Waals surface area contributed by atoms with Crippen molar-refractivity contribution in [2.45, 2.75) is 125 Å². The van der Waals surface area contributed by atoms with Gasteiger partial charge in [0.1, 0.15) is 16.4 Å². The Morgan fingerprint density at radius 2 is 1.27 bits per heavy atom. The van der Waals surface area contributed by atoms with Crippen LogP contribution in [-0.2, 0) is 25.0 Å². The first kappa shape index (κ1) is 40.8. The van der Waals surface area contributed by atoms with E-state index in [4.69, 9.17) is 4.74 Å². The molecule has 1 unspecified atom stereocenters. The Kier molecular flexibility index (Phi) is 15.9. The highest BCUT2D eigenvalue weighted by atomic mass is 32.2. The van der Waals surface area contributed by atoms with E-state index in [0.29, 0.717) is 17.9 Å². The number of anilines is 1. The van der Waals surface area contributed by atoms with Crippen LogP contribution in [0.25, 0.3) is 0 Å². The first-order valence-electron chi connectivity index (χ1n) is 18.2. The molecule has 0 saturated carbocycles. The van der Waals surface area contributed by atoms with Crippen LogP contribution in [0.4, 0.5) is 11.4 Å². The number of hydrazone groups is 1. The van der Waals surface area contributed by atoms with E-state index in [0.717, 1.165) is 36.8 Å². The molecule has 3 aromatic rings. The van der Waals surface area contributed by atoms with E-state index in [1.807, 2.05) is 0 Å². The number of carbonyl (C=O) groups excluding carboxylic acids is 1. The zero-order valence-corrected chi connectivity index (χ0v) is 31.4. The second kappa shape index (κ2) is 20.3. The van der Waals surface area contributed by atoms with E-state index in [2.05, 4.69) is 22.3 Å². The van der Waals surface area contributed by atoms with Crippen LogP contribution in [0.3, 0.4) is 0 Å². The summed E-state index contributed by atoms with van der Waals surface area (Å²) in [7, 11) is -9.15. The lowest BCUT2D eigenvalue weighted by Crippen LogP contribution is -2.30. The van der Waals surface area contributed by atoms with Crippen molar-refractivity contribution in [2.75, 3.05) is 5.01 Å². The van der Waals surface area contributed by atoms with Crippen LogP contribution in [0, 0.1) is 0 Å². The van der Waals surface area contributed by atoms with Gasteiger partial charge in [-0.05, 0) is 67.4 Å². The summed E-state index contributed by atoms with van der Waals surface area (Å²) in [5.41, 5.74) is 0.777. The van der Waals surface area contributed by atoms with Gasteiger partial charge in [0.05, 0.1) is 22.0 Å². The first-order chi connectivity index (χ1) is 25.0. The van der Waals surface area contributed by atoms with Crippen LogP contribution >= 0.6 is 0 Å². The Balaban J connectivity index is 1.39. The van der Waals surface area contributed by atoms with E-state index >= 15 is 0 Å². The zero-order valence-electron chi connectivity index (χ0n) is 29.8. The first-order valence-corrected chi connectivity index (χ1v) is 21.1. The van der Waals surface area contributed by atoms with E-state index in [1.165, 1.54) is 107 Å². The molecule has 52 heavy (non-hydrogen) atoms. The minimum atomic E-state index is -4.76. The van der Waals surface area contributed by atoms with Crippen molar-refractivity contribution < 1.29 is 35.5 Å². The van der Waals surface area contributed by atoms with Crippen molar-refractivity contribution in [3.05, 3.63) is 72.8 Å². The number of rotatable bonds is 23. The number of azo groups is 1. The molecule has 2 N–H and O–H groups in total. The standard InChI is InChI=1S/C38H50N4O8S2/c1-2-3-4-5-6-7-8-9-10-11-12-13-14-15-19-22-34-37(40-39-30-23-26-33(27-24-30)51(44,45)46)38(43)42(41-34)31-25-28-35(36(29-31)52(47,48)49)50-32-20-17-16-18-21-32/h16-18,20-21,23-29,37H,2-15,19,22H2,1H3,(H,44,45,46)(H,47,48,49)/b40-39+. The minimum absolute atomic E-state index is 0.0854. The second-order valence-corrected chi connectivity index (χ2v) is 15.9. The molecule has 1 amide bonds. The fourth-order valence-corrected chi connectivity index (χ4v) is 7.11. The molecule has 0 fully saturated rings. The Labute approximate surface area is 307 Å². The quantitative estimate of drug-likeness (QED) is 0.0546. The molecule has 14 heteroatoms. The summed E-state index contributed by atoms with van der Waals surface area (Å²) in [4.78, 5) is 12.9. The number of hydrogen-bond donors (Lipinski definition) is 2. The Bertz CT molecular complexity index is 1870. The van der Waals surface area contributed by atoms with Crippen molar-refractivity contribution in [1.82, 2.24) is 0 Å². The van der Waals surface area contributed by atoms with E-state index in [9.17, 15) is 30.7 Å². The van der Waals surface area contributed by atoms with Gasteiger partial charge in [0, 0.05) is 0 Å². The fraction of sp³-hybridized carbons (Fsp3) is 0.474. The highest BCUT2D eigenvalue weighted by Gasteiger charge is 2.37. The van der Waals surface area contributed by atoms with E-state index in [-0.39, 0.29) is 22.0 Å². The van der Waals surface area contributed by atoms with Crippen molar-refractivity contribution in [1.29, 1.82) is 0 Å². The molecule has 1 aliphatic rings. The minimum Gasteiger partial charge on any atom is -0.456 e. The van der Waals surface area contributed by atoms with Crippen molar-refractivity contribution in [3.63, 3.8) is 0 Å². The van der Waals surface area contributed by atoms with Gasteiger partial charge in [0.15, 0.2) is 6.04 Å². The van der Waals surface area contributed by atoms with Gasteiger partial charge in [-0.1, -0.05) is 115 Å². The normalized spacial score (nSPS) is 15.1. The molecule has 282 valence electrons. The van der Waals surface area contributed by atoms with Gasteiger partial charge in [-0.15, -0.1) is 0 Å². The summed E-state index contributed by atoms with van der Waals surface area (Å²) < 4.78 is 72.6. The van der Waals surface area contributed by atoms with Gasteiger partial charge in [-0.3, -0.25) is 13.9 Å². The van der Waals surface area contributed by atoms with Crippen molar-refractivity contribution in [2.24, 2.45) is 15.3 Å². The number of hydrogen-bond acceptors (Lipinski definition) is 9. The maximum Gasteiger partial charge on any atom is 0.298 e. The third-order valence-electron chi connectivity index (χ3n) is 8.87. The molecule has 0 saturated heterocycles. The van der Waals surface area contributed by atoms with Gasteiger partial charge in [-0.25, -0.2) is 0 Å². The van der Waals surface area contributed by atoms with Crippen LogP contribution in [0.15, 0.2) is 97.9 Å². The Morgan fingerprint density at radius 3 is 1.81 bits per heavy atom. The summed E-state index contributed by atoms with van der Waals surface area (Å²) in [6.45, 7) is 2.24. The van der Waals surface area contributed by atoms with Crippen LogP contribution in [0.5, 0.6) is 11.5 Å². The van der Waals surface area contributed by atoms with Crippen LogP contribution in [-0.4, -0.2) is 43.6 Å². The zero-order chi connectivity index (χ0) is 37.4.